The second-order valence-corrected chi connectivity index (χ2v) is 12.3. The van der Waals surface area contributed by atoms with Gasteiger partial charge in [0, 0.05) is 56.0 Å². The first-order chi connectivity index (χ1) is 23.8. The molecular weight excluding hydrogens is 592 g/mol. The Hall–Kier alpha value is -6.66. The van der Waals surface area contributed by atoms with E-state index in [9.17, 15) is 0 Å². The van der Waals surface area contributed by atoms with Crippen LogP contribution in [-0.2, 0) is 0 Å². The summed E-state index contributed by atoms with van der Waals surface area (Å²) in [5.74, 6) is 0.573. The molecule has 6 aromatic carbocycles. The monoisotopic (exact) mass is 616 g/mol. The maximum Gasteiger partial charge on any atom is 0.228 e. The number of oxazole rings is 1. The van der Waals surface area contributed by atoms with Crippen molar-refractivity contribution in [3.63, 3.8) is 0 Å². The lowest BCUT2D eigenvalue weighted by atomic mass is 10.0. The fourth-order valence-corrected chi connectivity index (χ4v) is 7.44. The smallest absolute Gasteiger partial charge is 0.228 e. The van der Waals surface area contributed by atoms with Gasteiger partial charge in [-0.1, -0.05) is 78.9 Å². The van der Waals surface area contributed by atoms with Crippen molar-refractivity contribution >= 4 is 71.4 Å². The number of nitrogens with zero attached hydrogens (tertiary/aromatic N) is 4. The van der Waals surface area contributed by atoms with Gasteiger partial charge in [-0.15, -0.1) is 0 Å². The number of hydrogen-bond acceptors (Lipinski definition) is 4. The number of pyridine rings is 1. The van der Waals surface area contributed by atoms with Gasteiger partial charge in [0.15, 0.2) is 11.2 Å². The summed E-state index contributed by atoms with van der Waals surface area (Å²) in [6, 6.07) is 46.7. The van der Waals surface area contributed by atoms with E-state index in [0.29, 0.717) is 5.89 Å². The number of benzene rings is 6. The maximum atomic E-state index is 6.53. The van der Waals surface area contributed by atoms with Crippen LogP contribution in [0.5, 0.6) is 0 Å². The Labute approximate surface area is 272 Å². The molecule has 11 rings (SSSR count). The molecule has 0 atom stereocenters. The van der Waals surface area contributed by atoms with Crippen molar-refractivity contribution in [2.45, 2.75) is 0 Å². The third kappa shape index (κ3) is 3.51. The van der Waals surface area contributed by atoms with E-state index in [1.165, 1.54) is 10.8 Å². The summed E-state index contributed by atoms with van der Waals surface area (Å²) >= 11 is 0. The molecule has 0 aliphatic heterocycles. The second kappa shape index (κ2) is 9.44. The third-order valence-corrected chi connectivity index (χ3v) is 9.62. The summed E-state index contributed by atoms with van der Waals surface area (Å²) in [6.45, 7) is 0. The molecule has 11 aromatic rings. The van der Waals surface area contributed by atoms with Gasteiger partial charge in [0.05, 0.1) is 11.0 Å². The highest BCUT2D eigenvalue weighted by Gasteiger charge is 2.19. The summed E-state index contributed by atoms with van der Waals surface area (Å²) in [6.07, 6.45) is 3.75. The summed E-state index contributed by atoms with van der Waals surface area (Å²) < 4.78 is 17.0. The standard InChI is InChI=1S/C42H24N4O2/c1-2-13-32-31(12-1)39-41(45-21-20-43-40(32)45)44-42(48-39)27-8-7-9-28(22-27)46-35-14-5-3-10-29(35)33-23-25(16-18-36(33)46)26-17-19-38-34(24-26)30-11-4-6-15-37(30)47-38/h1-24H. The van der Waals surface area contributed by atoms with Crippen molar-refractivity contribution in [3.05, 3.63) is 146 Å². The largest absolute Gasteiger partial charge is 0.456 e. The van der Waals surface area contributed by atoms with Crippen LogP contribution < -0.4 is 0 Å². The number of aromatic nitrogens is 4. The van der Waals surface area contributed by atoms with Crippen molar-refractivity contribution in [1.82, 2.24) is 18.9 Å². The Kier molecular flexibility index (Phi) is 5.02. The number of fused-ring (bicyclic) bond motifs is 12. The quantitative estimate of drug-likeness (QED) is 0.198. The SMILES string of the molecule is c1cc(-c2nc3c(o2)c2ccccc2c2nccn23)cc(-n2c3ccccc3c3cc(-c4ccc5oc6ccccc6c5c4)ccc32)c1. The fourth-order valence-electron chi connectivity index (χ4n) is 7.44. The van der Waals surface area contributed by atoms with Gasteiger partial charge in [-0.3, -0.25) is 4.40 Å². The summed E-state index contributed by atoms with van der Waals surface area (Å²) in [5.41, 5.74) is 10.7. The van der Waals surface area contributed by atoms with Crippen molar-refractivity contribution < 1.29 is 8.83 Å². The lowest BCUT2D eigenvalue weighted by Crippen LogP contribution is -1.94. The van der Waals surface area contributed by atoms with E-state index in [4.69, 9.17) is 13.8 Å². The zero-order valence-electron chi connectivity index (χ0n) is 25.5. The van der Waals surface area contributed by atoms with Gasteiger partial charge in [0.2, 0.25) is 5.89 Å². The molecule has 5 heterocycles. The molecule has 0 spiro atoms. The second-order valence-electron chi connectivity index (χ2n) is 12.3. The van der Waals surface area contributed by atoms with Gasteiger partial charge in [0.1, 0.15) is 16.8 Å². The molecule has 0 bridgehead atoms. The highest BCUT2D eigenvalue weighted by atomic mass is 16.3. The van der Waals surface area contributed by atoms with E-state index in [0.717, 1.165) is 83.0 Å². The van der Waals surface area contributed by atoms with Gasteiger partial charge in [0.25, 0.3) is 0 Å². The highest BCUT2D eigenvalue weighted by molar-refractivity contribution is 6.12. The zero-order chi connectivity index (χ0) is 31.3. The molecule has 0 aliphatic rings. The van der Waals surface area contributed by atoms with Crippen LogP contribution >= 0.6 is 0 Å². The number of rotatable bonds is 3. The molecular formula is C42H24N4O2. The molecule has 6 nitrogen and oxygen atoms in total. The molecule has 0 fully saturated rings. The molecule has 224 valence electrons. The average molecular weight is 617 g/mol. The minimum Gasteiger partial charge on any atom is -0.456 e. The van der Waals surface area contributed by atoms with Crippen LogP contribution in [0.2, 0.25) is 0 Å². The van der Waals surface area contributed by atoms with E-state index in [-0.39, 0.29) is 0 Å². The Bertz CT molecular complexity index is 3080. The van der Waals surface area contributed by atoms with Crippen LogP contribution in [0.3, 0.4) is 0 Å². The number of imidazole rings is 1. The molecule has 0 amide bonds. The molecule has 0 radical (unpaired) electrons. The third-order valence-electron chi connectivity index (χ3n) is 9.62. The molecule has 0 N–H and O–H groups in total. The van der Waals surface area contributed by atoms with Gasteiger partial charge in [-0.05, 0) is 65.7 Å². The summed E-state index contributed by atoms with van der Waals surface area (Å²) in [5, 5.41) is 6.69. The van der Waals surface area contributed by atoms with Crippen molar-refractivity contribution in [3.8, 4) is 28.3 Å². The lowest BCUT2D eigenvalue weighted by Gasteiger charge is -2.09. The predicted octanol–water partition coefficient (Wildman–Crippen LogP) is 11.0. The Balaban J connectivity index is 1.08. The summed E-state index contributed by atoms with van der Waals surface area (Å²) in [7, 11) is 0. The van der Waals surface area contributed by atoms with Crippen LogP contribution in [0.25, 0.3) is 99.7 Å². The first-order valence-electron chi connectivity index (χ1n) is 16.0. The van der Waals surface area contributed by atoms with E-state index in [1.807, 2.05) is 41.1 Å². The number of hydrogen-bond donors (Lipinski definition) is 0. The lowest BCUT2D eigenvalue weighted by molar-refractivity contribution is 0.622. The maximum absolute atomic E-state index is 6.53. The Morgan fingerprint density at radius 1 is 0.479 bits per heavy atom. The van der Waals surface area contributed by atoms with Crippen molar-refractivity contribution in [2.24, 2.45) is 0 Å². The molecule has 48 heavy (non-hydrogen) atoms. The first-order valence-corrected chi connectivity index (χ1v) is 16.0. The summed E-state index contributed by atoms with van der Waals surface area (Å²) in [4.78, 5) is 9.61. The molecule has 0 unspecified atom stereocenters. The van der Waals surface area contributed by atoms with E-state index in [2.05, 4.69) is 119 Å². The highest BCUT2D eigenvalue weighted by Crippen LogP contribution is 2.38. The first kappa shape index (κ1) is 25.5. The van der Waals surface area contributed by atoms with Crippen LogP contribution in [-0.4, -0.2) is 18.9 Å². The minimum atomic E-state index is 0.573. The molecule has 6 heteroatoms. The normalized spacial score (nSPS) is 12.2. The molecule has 0 aliphatic carbocycles. The van der Waals surface area contributed by atoms with Crippen molar-refractivity contribution in [2.75, 3.05) is 0 Å². The topological polar surface area (TPSA) is 61.4 Å². The molecule has 0 saturated heterocycles. The van der Waals surface area contributed by atoms with E-state index < -0.39 is 0 Å². The van der Waals surface area contributed by atoms with Crippen LogP contribution in [0.1, 0.15) is 0 Å². The number of para-hydroxylation sites is 2. The van der Waals surface area contributed by atoms with Crippen LogP contribution in [0, 0.1) is 0 Å². The van der Waals surface area contributed by atoms with Crippen LogP contribution in [0.15, 0.2) is 155 Å². The Morgan fingerprint density at radius 3 is 2.12 bits per heavy atom. The van der Waals surface area contributed by atoms with E-state index >= 15 is 0 Å². The molecule has 0 saturated carbocycles. The van der Waals surface area contributed by atoms with Gasteiger partial charge in [-0.25, -0.2) is 4.98 Å². The van der Waals surface area contributed by atoms with Gasteiger partial charge < -0.3 is 13.4 Å². The Morgan fingerprint density at radius 2 is 1.21 bits per heavy atom. The minimum absolute atomic E-state index is 0.573. The average Bonchev–Trinajstić information content (AvgIpc) is 3.94. The van der Waals surface area contributed by atoms with Gasteiger partial charge in [-0.2, -0.15) is 4.98 Å². The number of furan rings is 1. The van der Waals surface area contributed by atoms with E-state index in [1.54, 1.807) is 0 Å². The zero-order valence-corrected chi connectivity index (χ0v) is 25.5. The fraction of sp³-hybridized carbons (Fsp3) is 0. The predicted molar refractivity (Wildman–Crippen MR) is 193 cm³/mol. The molecule has 5 aromatic heterocycles. The van der Waals surface area contributed by atoms with Crippen LogP contribution in [0.4, 0.5) is 0 Å². The van der Waals surface area contributed by atoms with Crippen molar-refractivity contribution in [1.29, 1.82) is 0 Å². The van der Waals surface area contributed by atoms with Gasteiger partial charge >= 0.3 is 0 Å².